The minimum absolute atomic E-state index is 0.136. The molecule has 192 valence electrons. The summed E-state index contributed by atoms with van der Waals surface area (Å²) in [6.07, 6.45) is 5.26. The predicted octanol–water partition coefficient (Wildman–Crippen LogP) is 7.35. The highest BCUT2D eigenvalue weighted by Crippen LogP contribution is 2.39. The molecule has 6 bridgehead atoms. The molecule has 7 heteroatoms. The van der Waals surface area contributed by atoms with Crippen molar-refractivity contribution in [3.63, 3.8) is 0 Å². The van der Waals surface area contributed by atoms with Crippen molar-refractivity contribution in [1.82, 2.24) is 0 Å². The molecule has 0 saturated heterocycles. The van der Waals surface area contributed by atoms with Crippen LogP contribution in [0.4, 0.5) is 5.69 Å². The Labute approximate surface area is 221 Å². The van der Waals surface area contributed by atoms with Gasteiger partial charge in [0.2, 0.25) is 5.75 Å². The second kappa shape index (κ2) is 10.7. The van der Waals surface area contributed by atoms with Gasteiger partial charge in [-0.25, -0.2) is 0 Å². The Kier molecular flexibility index (Phi) is 7.00. The fourth-order valence-corrected chi connectivity index (χ4v) is 4.58. The largest absolute Gasteiger partial charge is 0.497 e. The lowest BCUT2D eigenvalue weighted by atomic mass is 9.95. The summed E-state index contributed by atoms with van der Waals surface area (Å²) in [6, 6.07) is 22.6. The lowest BCUT2D eigenvalue weighted by Crippen LogP contribution is -1.98. The van der Waals surface area contributed by atoms with Crippen molar-refractivity contribution in [2.24, 2.45) is 0 Å². The van der Waals surface area contributed by atoms with E-state index in [9.17, 15) is 10.1 Å². The van der Waals surface area contributed by atoms with Gasteiger partial charge < -0.3 is 18.9 Å². The van der Waals surface area contributed by atoms with Gasteiger partial charge in [-0.1, -0.05) is 36.4 Å². The smallest absolute Gasteiger partial charge is 0.312 e. The van der Waals surface area contributed by atoms with Gasteiger partial charge in [-0.2, -0.15) is 0 Å². The van der Waals surface area contributed by atoms with Crippen molar-refractivity contribution in [1.29, 1.82) is 0 Å². The van der Waals surface area contributed by atoms with Crippen LogP contribution in [-0.2, 0) is 12.8 Å². The highest BCUT2D eigenvalue weighted by molar-refractivity contribution is 5.84. The summed E-state index contributed by atoms with van der Waals surface area (Å²) >= 11 is 0. The summed E-state index contributed by atoms with van der Waals surface area (Å²) in [6.45, 7) is 0. The monoisotopic (exact) mass is 509 g/mol. The van der Waals surface area contributed by atoms with E-state index >= 15 is 0 Å². The number of nitrogens with zero attached hydrogens (tertiary/aromatic N) is 1. The van der Waals surface area contributed by atoms with Crippen LogP contribution >= 0.6 is 0 Å². The molecule has 38 heavy (non-hydrogen) atoms. The van der Waals surface area contributed by atoms with E-state index in [2.05, 4.69) is 18.2 Å². The van der Waals surface area contributed by atoms with Crippen molar-refractivity contribution in [2.45, 2.75) is 12.8 Å². The molecule has 0 fully saturated rings. The van der Waals surface area contributed by atoms with E-state index in [1.807, 2.05) is 48.6 Å². The number of nitro groups is 1. The van der Waals surface area contributed by atoms with Crippen molar-refractivity contribution in [3.05, 3.63) is 105 Å². The van der Waals surface area contributed by atoms with Gasteiger partial charge in [0, 0.05) is 11.6 Å². The zero-order chi connectivity index (χ0) is 26.6. The lowest BCUT2D eigenvalue weighted by Gasteiger charge is -2.15. The van der Waals surface area contributed by atoms with Crippen molar-refractivity contribution < 1.29 is 23.9 Å². The lowest BCUT2D eigenvalue weighted by molar-refractivity contribution is -0.385. The maximum absolute atomic E-state index is 12.0. The van der Waals surface area contributed by atoms with E-state index < -0.39 is 4.92 Å². The minimum Gasteiger partial charge on any atom is -0.497 e. The van der Waals surface area contributed by atoms with Crippen LogP contribution in [0.15, 0.2) is 72.8 Å². The molecule has 0 radical (unpaired) electrons. The molecule has 0 N–H and O–H groups in total. The average molecular weight is 510 g/mol. The van der Waals surface area contributed by atoms with E-state index in [1.165, 1.54) is 6.07 Å². The normalized spacial score (nSPS) is 13.0. The number of rotatable bonds is 4. The van der Waals surface area contributed by atoms with Crippen LogP contribution in [0, 0.1) is 10.1 Å². The highest BCUT2D eigenvalue weighted by atomic mass is 16.6. The molecule has 4 aliphatic heterocycles. The van der Waals surface area contributed by atoms with E-state index in [0.717, 1.165) is 46.4 Å². The summed E-state index contributed by atoms with van der Waals surface area (Å²) in [4.78, 5) is 11.5. The quantitative estimate of drug-likeness (QED) is 0.211. The van der Waals surface area contributed by atoms with Crippen LogP contribution in [0.2, 0.25) is 0 Å². The Bertz CT molecular complexity index is 1540. The molecule has 0 spiro atoms. The average Bonchev–Trinajstić information content (AvgIpc) is 2.94. The topological polar surface area (TPSA) is 80.1 Å². The number of benzene rings is 4. The molecular formula is C31H27NO6. The standard InChI is InChI=1S/C31H27NO6/c1-35-24-11-13-25-23(19-24)10-6-20-8-14-28(27(16-20)32(33)34)38-31-18-22(9-15-29(31)36-2)5-4-21-7-12-26(25)30(17-21)37-3/h6-19H,4-5H2,1-3H3/b10-6-. The van der Waals surface area contributed by atoms with Crippen molar-refractivity contribution in [2.75, 3.05) is 21.3 Å². The summed E-state index contributed by atoms with van der Waals surface area (Å²) in [7, 11) is 4.83. The van der Waals surface area contributed by atoms with Gasteiger partial charge in [-0.3, -0.25) is 10.1 Å². The number of aryl methyl sites for hydroxylation is 2. The Morgan fingerprint density at radius 3 is 2.18 bits per heavy atom. The van der Waals surface area contributed by atoms with E-state index in [-0.39, 0.29) is 11.4 Å². The molecule has 0 aliphatic carbocycles. The first kappa shape index (κ1) is 24.9. The molecule has 4 aromatic rings. The van der Waals surface area contributed by atoms with Gasteiger partial charge in [0.25, 0.3) is 0 Å². The molecule has 4 heterocycles. The number of ether oxygens (including phenoxy) is 4. The van der Waals surface area contributed by atoms with Gasteiger partial charge in [0.15, 0.2) is 11.5 Å². The maximum atomic E-state index is 12.0. The third-order valence-electron chi connectivity index (χ3n) is 6.60. The highest BCUT2D eigenvalue weighted by Gasteiger charge is 2.19. The molecule has 0 aromatic heterocycles. The van der Waals surface area contributed by atoms with Crippen LogP contribution in [0.5, 0.6) is 28.7 Å². The Hall–Kier alpha value is -4.78. The molecule has 0 amide bonds. The van der Waals surface area contributed by atoms with Crippen LogP contribution in [0.1, 0.15) is 22.3 Å². The van der Waals surface area contributed by atoms with Crippen LogP contribution in [0.25, 0.3) is 23.3 Å². The van der Waals surface area contributed by atoms with E-state index in [0.29, 0.717) is 22.8 Å². The molecule has 0 unspecified atom stereocenters. The zero-order valence-corrected chi connectivity index (χ0v) is 21.4. The number of hydrogen-bond donors (Lipinski definition) is 0. The van der Waals surface area contributed by atoms with Crippen LogP contribution in [-0.4, -0.2) is 26.3 Å². The Balaban J connectivity index is 1.71. The summed E-state index contributed by atoms with van der Waals surface area (Å²) in [5, 5.41) is 12.0. The molecule has 7 nitrogen and oxygen atoms in total. The van der Waals surface area contributed by atoms with E-state index in [4.69, 9.17) is 18.9 Å². The minimum atomic E-state index is -0.440. The summed E-state index contributed by atoms with van der Waals surface area (Å²) in [5.41, 5.74) is 5.46. The third-order valence-corrected chi connectivity index (χ3v) is 6.60. The molecule has 4 aromatic carbocycles. The van der Waals surface area contributed by atoms with Crippen molar-refractivity contribution >= 4 is 17.8 Å². The summed E-state index contributed by atoms with van der Waals surface area (Å²) < 4.78 is 22.8. The van der Waals surface area contributed by atoms with Gasteiger partial charge in [0.1, 0.15) is 11.5 Å². The molecule has 0 saturated carbocycles. The first-order chi connectivity index (χ1) is 18.5. The third kappa shape index (κ3) is 5.04. The SMILES string of the molecule is COc1ccc2c(c1)/C=C\c1ccc(c([N+](=O)[O-])c1)Oc1cc(ccc1OC)CCc1ccc-2c(OC)c1. The number of nitro benzene ring substituents is 1. The summed E-state index contributed by atoms with van der Waals surface area (Å²) in [5.74, 6) is 2.54. The first-order valence-corrected chi connectivity index (χ1v) is 12.2. The predicted molar refractivity (Wildman–Crippen MR) is 147 cm³/mol. The molecule has 0 atom stereocenters. The Morgan fingerprint density at radius 2 is 1.45 bits per heavy atom. The fourth-order valence-electron chi connectivity index (χ4n) is 4.58. The number of methoxy groups -OCH3 is 3. The Morgan fingerprint density at radius 1 is 0.711 bits per heavy atom. The van der Waals surface area contributed by atoms with Gasteiger partial charge in [0.05, 0.1) is 26.3 Å². The second-order valence-corrected chi connectivity index (χ2v) is 8.89. The fraction of sp³-hybridized carbons (Fsp3) is 0.161. The van der Waals surface area contributed by atoms with Crippen LogP contribution in [0.3, 0.4) is 0 Å². The maximum Gasteiger partial charge on any atom is 0.312 e. The molecule has 8 rings (SSSR count). The number of hydrogen-bond acceptors (Lipinski definition) is 6. The van der Waals surface area contributed by atoms with Crippen LogP contribution < -0.4 is 18.9 Å². The van der Waals surface area contributed by atoms with Crippen molar-refractivity contribution in [3.8, 4) is 39.9 Å². The first-order valence-electron chi connectivity index (χ1n) is 12.2. The molecular weight excluding hydrogens is 482 g/mol. The van der Waals surface area contributed by atoms with E-state index in [1.54, 1.807) is 33.5 Å². The second-order valence-electron chi connectivity index (χ2n) is 8.89. The molecule has 4 aliphatic rings. The van der Waals surface area contributed by atoms with Gasteiger partial charge >= 0.3 is 5.69 Å². The van der Waals surface area contributed by atoms with Gasteiger partial charge in [-0.15, -0.1) is 0 Å². The zero-order valence-electron chi connectivity index (χ0n) is 21.4. The van der Waals surface area contributed by atoms with Gasteiger partial charge in [-0.05, 0) is 83.1 Å².